The second kappa shape index (κ2) is 10.3. The number of methoxy groups -OCH3 is 1. The summed E-state index contributed by atoms with van der Waals surface area (Å²) in [6.45, 7) is 11.5. The SMILES string of the molecule is [C-]#[N+]c1ccc(Nc2cc(Oc3c(C)cc(CCC#N)cc3C)c(COC)cc2N)cc1. The molecule has 0 spiro atoms. The minimum atomic E-state index is 0.359. The first-order valence-corrected chi connectivity index (χ1v) is 10.3. The smallest absolute Gasteiger partial charge is 0.187 e. The molecule has 32 heavy (non-hydrogen) atoms. The van der Waals surface area contributed by atoms with Gasteiger partial charge in [-0.25, -0.2) is 4.85 Å². The van der Waals surface area contributed by atoms with E-state index in [1.165, 1.54) is 0 Å². The Morgan fingerprint density at radius 3 is 2.38 bits per heavy atom. The van der Waals surface area contributed by atoms with Crippen LogP contribution in [0.4, 0.5) is 22.7 Å². The van der Waals surface area contributed by atoms with E-state index >= 15 is 0 Å². The Morgan fingerprint density at radius 2 is 1.78 bits per heavy atom. The van der Waals surface area contributed by atoms with Crippen LogP contribution in [0, 0.1) is 31.8 Å². The van der Waals surface area contributed by atoms with Crippen molar-refractivity contribution in [2.24, 2.45) is 0 Å². The van der Waals surface area contributed by atoms with E-state index < -0.39 is 0 Å². The summed E-state index contributed by atoms with van der Waals surface area (Å²) in [7, 11) is 1.63. The van der Waals surface area contributed by atoms with Crippen LogP contribution in [0.15, 0.2) is 48.5 Å². The molecule has 0 aliphatic rings. The van der Waals surface area contributed by atoms with Crippen molar-refractivity contribution in [1.82, 2.24) is 0 Å². The van der Waals surface area contributed by atoms with Crippen molar-refractivity contribution in [3.63, 3.8) is 0 Å². The zero-order valence-electron chi connectivity index (χ0n) is 18.5. The van der Waals surface area contributed by atoms with Crippen LogP contribution in [0.2, 0.25) is 0 Å². The monoisotopic (exact) mass is 426 g/mol. The molecule has 3 rings (SSSR count). The number of hydrogen-bond acceptors (Lipinski definition) is 5. The number of hydrogen-bond donors (Lipinski definition) is 2. The molecule has 0 fully saturated rings. The van der Waals surface area contributed by atoms with Gasteiger partial charge in [-0.2, -0.15) is 5.26 Å². The Balaban J connectivity index is 1.95. The first-order valence-electron chi connectivity index (χ1n) is 10.3. The van der Waals surface area contributed by atoms with E-state index in [4.69, 9.17) is 27.0 Å². The predicted octanol–water partition coefficient (Wildman–Crippen LogP) is 6.57. The van der Waals surface area contributed by atoms with Gasteiger partial charge in [0.05, 0.1) is 30.6 Å². The first kappa shape index (κ1) is 22.7. The molecule has 0 unspecified atom stereocenters. The van der Waals surface area contributed by atoms with Crippen LogP contribution in [0.3, 0.4) is 0 Å². The molecule has 0 radical (unpaired) electrons. The molecule has 0 aliphatic carbocycles. The van der Waals surface area contributed by atoms with Crippen molar-refractivity contribution in [3.05, 3.63) is 82.2 Å². The number of benzene rings is 3. The van der Waals surface area contributed by atoms with Crippen molar-refractivity contribution in [2.45, 2.75) is 33.3 Å². The molecule has 3 aromatic carbocycles. The number of ether oxygens (including phenoxy) is 2. The molecule has 0 heterocycles. The lowest BCUT2D eigenvalue weighted by Crippen LogP contribution is -2.02. The first-order chi connectivity index (χ1) is 15.4. The van der Waals surface area contributed by atoms with Crippen LogP contribution < -0.4 is 15.8 Å². The van der Waals surface area contributed by atoms with Gasteiger partial charge in [0.1, 0.15) is 11.5 Å². The van der Waals surface area contributed by atoms with Crippen LogP contribution in [-0.4, -0.2) is 7.11 Å². The van der Waals surface area contributed by atoms with Crippen LogP contribution in [0.5, 0.6) is 11.5 Å². The van der Waals surface area contributed by atoms with Crippen molar-refractivity contribution in [1.29, 1.82) is 5.26 Å². The molecule has 0 aromatic heterocycles. The summed E-state index contributed by atoms with van der Waals surface area (Å²) in [6, 6.07) is 17.2. The van der Waals surface area contributed by atoms with E-state index in [9.17, 15) is 0 Å². The van der Waals surface area contributed by atoms with Crippen molar-refractivity contribution in [3.8, 4) is 17.6 Å². The minimum absolute atomic E-state index is 0.359. The highest BCUT2D eigenvalue weighted by Crippen LogP contribution is 2.37. The molecule has 6 heteroatoms. The Hall–Kier alpha value is -4.00. The van der Waals surface area contributed by atoms with Crippen molar-refractivity contribution in [2.75, 3.05) is 18.2 Å². The molecular formula is C26H26N4O2. The van der Waals surface area contributed by atoms with E-state index in [1.54, 1.807) is 19.2 Å². The molecule has 0 aliphatic heterocycles. The zero-order chi connectivity index (χ0) is 23.1. The Bertz CT molecular complexity index is 1170. The average Bonchev–Trinajstić information content (AvgIpc) is 2.78. The summed E-state index contributed by atoms with van der Waals surface area (Å²) in [6.07, 6.45) is 1.20. The van der Waals surface area contributed by atoms with Gasteiger partial charge < -0.3 is 20.5 Å². The molecule has 0 saturated carbocycles. The number of nitriles is 1. The fraction of sp³-hybridized carbons (Fsp3) is 0.231. The van der Waals surface area contributed by atoms with Gasteiger partial charge in [0.15, 0.2) is 5.69 Å². The molecule has 0 atom stereocenters. The summed E-state index contributed by atoms with van der Waals surface area (Å²) in [5.74, 6) is 1.43. The number of nitrogen functional groups attached to an aromatic ring is 1. The largest absolute Gasteiger partial charge is 0.456 e. The molecule has 6 nitrogen and oxygen atoms in total. The topological polar surface area (TPSA) is 84.7 Å². The highest BCUT2D eigenvalue weighted by atomic mass is 16.5. The second-order valence-corrected chi connectivity index (χ2v) is 7.58. The lowest BCUT2D eigenvalue weighted by atomic mass is 10.0. The molecule has 3 aromatic rings. The van der Waals surface area contributed by atoms with Gasteiger partial charge in [0.2, 0.25) is 0 Å². The predicted molar refractivity (Wildman–Crippen MR) is 127 cm³/mol. The third-order valence-electron chi connectivity index (χ3n) is 5.07. The number of nitrogens with two attached hydrogens (primary N) is 1. The van der Waals surface area contributed by atoms with E-state index in [0.717, 1.165) is 40.1 Å². The Kier molecular flexibility index (Phi) is 7.33. The standard InChI is InChI=1S/C26H26N4O2/c1-17-12-19(6-5-11-27)13-18(2)26(17)32-25-15-24(23(28)14-20(25)16-31-4)30-22-9-7-21(29-3)8-10-22/h7-10,12-15,30H,5-6,16,28H2,1-2,4H3. The quantitative estimate of drug-likeness (QED) is 0.314. The lowest BCUT2D eigenvalue weighted by Gasteiger charge is -2.19. The van der Waals surface area contributed by atoms with E-state index in [1.807, 2.05) is 38.1 Å². The van der Waals surface area contributed by atoms with Crippen LogP contribution in [0.1, 0.15) is 28.7 Å². The van der Waals surface area contributed by atoms with E-state index in [0.29, 0.717) is 35.8 Å². The van der Waals surface area contributed by atoms with Gasteiger partial charge in [-0.3, -0.25) is 0 Å². The van der Waals surface area contributed by atoms with Crippen molar-refractivity contribution < 1.29 is 9.47 Å². The third-order valence-corrected chi connectivity index (χ3v) is 5.07. The van der Waals surface area contributed by atoms with Gasteiger partial charge in [0.25, 0.3) is 0 Å². The van der Waals surface area contributed by atoms with Gasteiger partial charge in [0, 0.05) is 30.8 Å². The van der Waals surface area contributed by atoms with Gasteiger partial charge in [-0.05, 0) is 55.2 Å². The molecule has 0 bridgehead atoms. The summed E-state index contributed by atoms with van der Waals surface area (Å²) in [5.41, 5.74) is 12.9. The number of rotatable bonds is 8. The number of anilines is 3. The highest BCUT2D eigenvalue weighted by molar-refractivity contribution is 5.76. The maximum Gasteiger partial charge on any atom is 0.187 e. The van der Waals surface area contributed by atoms with Gasteiger partial charge in [-0.15, -0.1) is 0 Å². The number of nitrogens with zero attached hydrogens (tertiary/aromatic N) is 2. The number of nitrogens with one attached hydrogen (secondary N) is 1. The van der Waals surface area contributed by atoms with E-state index in [-0.39, 0.29) is 0 Å². The zero-order valence-corrected chi connectivity index (χ0v) is 18.5. The summed E-state index contributed by atoms with van der Waals surface area (Å²) in [4.78, 5) is 3.42. The highest BCUT2D eigenvalue weighted by Gasteiger charge is 2.14. The summed E-state index contributed by atoms with van der Waals surface area (Å²) in [5, 5.41) is 12.2. The summed E-state index contributed by atoms with van der Waals surface area (Å²) < 4.78 is 11.7. The molecule has 0 amide bonds. The maximum atomic E-state index is 8.86. The normalized spacial score (nSPS) is 10.3. The fourth-order valence-corrected chi connectivity index (χ4v) is 3.55. The molecule has 0 saturated heterocycles. The molecular weight excluding hydrogens is 400 g/mol. The van der Waals surface area contributed by atoms with Gasteiger partial charge >= 0.3 is 0 Å². The molecule has 162 valence electrons. The van der Waals surface area contributed by atoms with Crippen LogP contribution in [-0.2, 0) is 17.8 Å². The summed E-state index contributed by atoms with van der Waals surface area (Å²) >= 11 is 0. The molecule has 3 N–H and O–H groups in total. The Labute approximate surface area is 189 Å². The fourth-order valence-electron chi connectivity index (χ4n) is 3.55. The number of aryl methyl sites for hydroxylation is 3. The minimum Gasteiger partial charge on any atom is -0.456 e. The van der Waals surface area contributed by atoms with Crippen LogP contribution in [0.25, 0.3) is 4.85 Å². The van der Waals surface area contributed by atoms with Crippen LogP contribution >= 0.6 is 0 Å². The maximum absolute atomic E-state index is 8.86. The van der Waals surface area contributed by atoms with Gasteiger partial charge in [-0.1, -0.05) is 24.3 Å². The average molecular weight is 427 g/mol. The Morgan fingerprint density at radius 1 is 1.09 bits per heavy atom. The lowest BCUT2D eigenvalue weighted by molar-refractivity contribution is 0.182. The third kappa shape index (κ3) is 5.37. The van der Waals surface area contributed by atoms with Crippen molar-refractivity contribution >= 4 is 22.7 Å². The second-order valence-electron chi connectivity index (χ2n) is 7.58. The van der Waals surface area contributed by atoms with E-state index in [2.05, 4.69) is 28.4 Å².